The van der Waals surface area contributed by atoms with Gasteiger partial charge in [-0.15, -0.1) is 0 Å². The quantitative estimate of drug-likeness (QED) is 0.794. The number of H-pyrrole nitrogens is 1. The van der Waals surface area contributed by atoms with Crippen molar-refractivity contribution in [1.82, 2.24) is 15.2 Å². The molecule has 0 radical (unpaired) electrons. The molecule has 94 valence electrons. The number of nitrogens with zero attached hydrogens (tertiary/aromatic N) is 1. The van der Waals surface area contributed by atoms with E-state index < -0.39 is 0 Å². The lowest BCUT2D eigenvalue weighted by atomic mass is 10.2. The molecule has 1 aliphatic rings. The highest BCUT2D eigenvalue weighted by atomic mass is 16.5. The fourth-order valence-corrected chi connectivity index (χ4v) is 1.93. The average Bonchev–Trinajstić information content (AvgIpc) is 2.83. The summed E-state index contributed by atoms with van der Waals surface area (Å²) in [6.45, 7) is 2.82. The molecule has 1 amide bonds. The van der Waals surface area contributed by atoms with E-state index in [-0.39, 0.29) is 11.9 Å². The van der Waals surface area contributed by atoms with Gasteiger partial charge in [-0.3, -0.25) is 4.79 Å². The van der Waals surface area contributed by atoms with Gasteiger partial charge in [0.25, 0.3) is 0 Å². The van der Waals surface area contributed by atoms with Gasteiger partial charge in [0.05, 0.1) is 19.8 Å². The zero-order valence-corrected chi connectivity index (χ0v) is 10.1. The van der Waals surface area contributed by atoms with Crippen LogP contribution in [0.3, 0.4) is 0 Å². The molecule has 0 aromatic carbocycles. The molecule has 1 aromatic rings. The second-order valence-electron chi connectivity index (χ2n) is 4.38. The van der Waals surface area contributed by atoms with Gasteiger partial charge in [0.2, 0.25) is 5.91 Å². The number of nitrogens with one attached hydrogen (secondary N) is 2. The number of hydrogen-bond acceptors (Lipinski definition) is 3. The van der Waals surface area contributed by atoms with Crippen LogP contribution in [0.5, 0.6) is 0 Å². The molecule has 0 spiro atoms. The van der Waals surface area contributed by atoms with Crippen molar-refractivity contribution in [2.24, 2.45) is 0 Å². The molecule has 0 aliphatic carbocycles. The van der Waals surface area contributed by atoms with Crippen LogP contribution in [-0.2, 0) is 16.1 Å². The van der Waals surface area contributed by atoms with Gasteiger partial charge in [0, 0.05) is 37.9 Å². The summed E-state index contributed by atoms with van der Waals surface area (Å²) in [5.74, 6) is 0.141. The Hall–Kier alpha value is -1.33. The van der Waals surface area contributed by atoms with Crippen LogP contribution in [-0.4, -0.2) is 48.6 Å². The summed E-state index contributed by atoms with van der Waals surface area (Å²) < 4.78 is 5.33. The maximum atomic E-state index is 12.0. The van der Waals surface area contributed by atoms with E-state index in [1.165, 1.54) is 0 Å². The molecule has 1 aliphatic heterocycles. The molecule has 1 aromatic heterocycles. The van der Waals surface area contributed by atoms with Crippen molar-refractivity contribution < 1.29 is 9.53 Å². The second kappa shape index (κ2) is 5.84. The third-order valence-corrected chi connectivity index (χ3v) is 2.92. The maximum Gasteiger partial charge on any atom is 0.224 e. The van der Waals surface area contributed by atoms with Gasteiger partial charge < -0.3 is 19.9 Å². The highest BCUT2D eigenvalue weighted by Crippen LogP contribution is 2.05. The van der Waals surface area contributed by atoms with Crippen molar-refractivity contribution in [3.63, 3.8) is 0 Å². The number of aromatic nitrogens is 1. The molecule has 2 heterocycles. The summed E-state index contributed by atoms with van der Waals surface area (Å²) in [4.78, 5) is 16.8. The molecular formula is C12H19N3O2. The van der Waals surface area contributed by atoms with Gasteiger partial charge in [-0.2, -0.15) is 0 Å². The molecule has 1 atom stereocenters. The van der Waals surface area contributed by atoms with E-state index in [0.29, 0.717) is 19.6 Å². The molecule has 17 heavy (non-hydrogen) atoms. The van der Waals surface area contributed by atoms with E-state index in [4.69, 9.17) is 4.74 Å². The summed E-state index contributed by atoms with van der Waals surface area (Å²) in [5.41, 5.74) is 1.05. The minimum atomic E-state index is 0.141. The van der Waals surface area contributed by atoms with Gasteiger partial charge in [0.15, 0.2) is 0 Å². The molecule has 0 saturated carbocycles. The van der Waals surface area contributed by atoms with Gasteiger partial charge in [-0.1, -0.05) is 0 Å². The van der Waals surface area contributed by atoms with Crippen LogP contribution in [0.25, 0.3) is 0 Å². The van der Waals surface area contributed by atoms with Crippen molar-refractivity contribution in [1.29, 1.82) is 0 Å². The highest BCUT2D eigenvalue weighted by Gasteiger charge is 2.19. The van der Waals surface area contributed by atoms with Crippen LogP contribution in [0, 0.1) is 0 Å². The van der Waals surface area contributed by atoms with Crippen LogP contribution < -0.4 is 5.32 Å². The first-order valence-corrected chi connectivity index (χ1v) is 5.93. The minimum absolute atomic E-state index is 0.141. The van der Waals surface area contributed by atoms with E-state index in [1.54, 1.807) is 4.90 Å². The molecule has 5 heteroatoms. The first kappa shape index (κ1) is 12.1. The van der Waals surface area contributed by atoms with Gasteiger partial charge in [-0.05, 0) is 12.1 Å². The summed E-state index contributed by atoms with van der Waals surface area (Å²) in [6.07, 6.45) is 2.36. The van der Waals surface area contributed by atoms with Crippen LogP contribution in [0.2, 0.25) is 0 Å². The zero-order chi connectivity index (χ0) is 12.1. The zero-order valence-electron chi connectivity index (χ0n) is 10.1. The van der Waals surface area contributed by atoms with Gasteiger partial charge in [0.1, 0.15) is 0 Å². The lowest BCUT2D eigenvalue weighted by molar-refractivity contribution is -0.131. The van der Waals surface area contributed by atoms with Crippen LogP contribution in [0.15, 0.2) is 18.3 Å². The van der Waals surface area contributed by atoms with E-state index in [1.807, 2.05) is 25.4 Å². The Kier molecular flexibility index (Phi) is 4.17. The van der Waals surface area contributed by atoms with E-state index >= 15 is 0 Å². The lowest BCUT2D eigenvalue weighted by Crippen LogP contribution is -2.44. The van der Waals surface area contributed by atoms with Crippen molar-refractivity contribution in [3.8, 4) is 0 Å². The lowest BCUT2D eigenvalue weighted by Gasteiger charge is -2.25. The Morgan fingerprint density at radius 1 is 1.65 bits per heavy atom. The maximum absolute atomic E-state index is 12.0. The monoisotopic (exact) mass is 237 g/mol. The SMILES string of the molecule is CN(Cc1ccc[nH]1)C(=O)CC1COCCN1. The Balaban J connectivity index is 1.78. The molecular weight excluding hydrogens is 218 g/mol. The van der Waals surface area contributed by atoms with Crippen LogP contribution >= 0.6 is 0 Å². The van der Waals surface area contributed by atoms with Crippen LogP contribution in [0.1, 0.15) is 12.1 Å². The topological polar surface area (TPSA) is 57.4 Å². The number of carbonyl (C=O) groups is 1. The molecule has 1 fully saturated rings. The Morgan fingerprint density at radius 2 is 2.53 bits per heavy atom. The summed E-state index contributed by atoms with van der Waals surface area (Å²) in [5, 5.41) is 3.28. The molecule has 2 rings (SSSR count). The normalized spacial score (nSPS) is 20.2. The fourth-order valence-electron chi connectivity index (χ4n) is 1.93. The third-order valence-electron chi connectivity index (χ3n) is 2.92. The van der Waals surface area contributed by atoms with Gasteiger partial charge in [-0.25, -0.2) is 0 Å². The fraction of sp³-hybridized carbons (Fsp3) is 0.583. The minimum Gasteiger partial charge on any atom is -0.378 e. The highest BCUT2D eigenvalue weighted by molar-refractivity contribution is 5.76. The summed E-state index contributed by atoms with van der Waals surface area (Å²) >= 11 is 0. The number of ether oxygens (including phenoxy) is 1. The number of carbonyl (C=O) groups excluding carboxylic acids is 1. The predicted octanol–water partition coefficient (Wildman–Crippen LogP) is 0.352. The molecule has 5 nitrogen and oxygen atoms in total. The first-order chi connectivity index (χ1) is 8.25. The number of amides is 1. The van der Waals surface area contributed by atoms with Crippen molar-refractivity contribution >= 4 is 5.91 Å². The van der Waals surface area contributed by atoms with E-state index in [2.05, 4.69) is 10.3 Å². The molecule has 2 N–H and O–H groups in total. The number of hydrogen-bond donors (Lipinski definition) is 2. The van der Waals surface area contributed by atoms with Crippen molar-refractivity contribution in [2.75, 3.05) is 26.8 Å². The molecule has 0 bridgehead atoms. The molecule has 1 saturated heterocycles. The first-order valence-electron chi connectivity index (χ1n) is 5.93. The summed E-state index contributed by atoms with van der Waals surface area (Å²) in [7, 11) is 1.83. The standard InChI is InChI=1S/C12H19N3O2/c1-15(8-10-3-2-4-13-10)12(16)7-11-9-17-6-5-14-11/h2-4,11,13-14H,5-9H2,1H3. The van der Waals surface area contributed by atoms with E-state index in [0.717, 1.165) is 18.8 Å². The van der Waals surface area contributed by atoms with E-state index in [9.17, 15) is 4.79 Å². The smallest absolute Gasteiger partial charge is 0.224 e. The third kappa shape index (κ3) is 3.57. The molecule has 1 unspecified atom stereocenters. The summed E-state index contributed by atoms with van der Waals surface area (Å²) in [6, 6.07) is 4.07. The Bertz CT molecular complexity index is 345. The predicted molar refractivity (Wildman–Crippen MR) is 64.5 cm³/mol. The van der Waals surface area contributed by atoms with Gasteiger partial charge >= 0.3 is 0 Å². The average molecular weight is 237 g/mol. The second-order valence-corrected chi connectivity index (χ2v) is 4.38. The van der Waals surface area contributed by atoms with Crippen LogP contribution in [0.4, 0.5) is 0 Å². The Morgan fingerprint density at radius 3 is 3.18 bits per heavy atom. The van der Waals surface area contributed by atoms with Crippen molar-refractivity contribution in [2.45, 2.75) is 19.0 Å². The number of aromatic amines is 1. The Labute approximate surface area is 101 Å². The number of rotatable bonds is 4. The largest absolute Gasteiger partial charge is 0.378 e. The van der Waals surface area contributed by atoms with Crippen molar-refractivity contribution in [3.05, 3.63) is 24.0 Å². The number of morpholine rings is 1.